The first-order valence-corrected chi connectivity index (χ1v) is 10.6. The van der Waals surface area contributed by atoms with Crippen molar-refractivity contribution in [3.8, 4) is 11.5 Å². The highest BCUT2D eigenvalue weighted by Crippen LogP contribution is 2.56. The highest BCUT2D eigenvalue weighted by Gasteiger charge is 2.48. The molecule has 0 spiro atoms. The third-order valence-corrected chi connectivity index (χ3v) is 5.98. The van der Waals surface area contributed by atoms with Crippen molar-refractivity contribution in [2.24, 2.45) is 5.73 Å². The Balaban J connectivity index is 1.58. The Morgan fingerprint density at radius 3 is 2.52 bits per heavy atom. The van der Waals surface area contributed by atoms with Gasteiger partial charge in [-0.05, 0) is 30.9 Å². The Bertz CT molecular complexity index is 935. The van der Waals surface area contributed by atoms with E-state index in [-0.39, 0.29) is 42.3 Å². The Hall–Kier alpha value is -2.87. The predicted molar refractivity (Wildman–Crippen MR) is 117 cm³/mol. The fourth-order valence-electron chi connectivity index (χ4n) is 3.99. The van der Waals surface area contributed by atoms with Crippen LogP contribution in [0.4, 0.5) is 0 Å². The minimum atomic E-state index is -1.53. The van der Waals surface area contributed by atoms with Crippen molar-refractivity contribution in [3.63, 3.8) is 0 Å². The maximum atomic E-state index is 12.2. The summed E-state index contributed by atoms with van der Waals surface area (Å²) in [6, 6.07) is 2.99. The molecule has 2 fully saturated rings. The Labute approximate surface area is 190 Å². The molecule has 33 heavy (non-hydrogen) atoms. The molecule has 0 unspecified atom stereocenters. The van der Waals surface area contributed by atoms with Crippen molar-refractivity contribution in [2.45, 2.75) is 36.7 Å². The first-order valence-electron chi connectivity index (χ1n) is 10.6. The number of carboxylic acids is 1. The summed E-state index contributed by atoms with van der Waals surface area (Å²) in [5, 5.41) is 43.5. The number of nitrogens with zero attached hydrogens (tertiary/aromatic N) is 1. The summed E-state index contributed by atoms with van der Waals surface area (Å²) in [4.78, 5) is 37.1. The maximum absolute atomic E-state index is 12.2. The summed E-state index contributed by atoms with van der Waals surface area (Å²) >= 11 is 0. The van der Waals surface area contributed by atoms with Gasteiger partial charge in [-0.2, -0.15) is 0 Å². The molecule has 1 heterocycles. The zero-order chi connectivity index (χ0) is 24.5. The molecule has 1 saturated heterocycles. The van der Waals surface area contributed by atoms with Crippen molar-refractivity contribution < 1.29 is 39.4 Å². The summed E-state index contributed by atoms with van der Waals surface area (Å²) in [6.07, 6.45) is 0.0717. The quantitative estimate of drug-likeness (QED) is 0.192. The number of nitrogens with two attached hydrogens (primary N) is 1. The van der Waals surface area contributed by atoms with Gasteiger partial charge in [-0.3, -0.25) is 14.5 Å². The zero-order valence-corrected chi connectivity index (χ0v) is 18.4. The average Bonchev–Trinajstić information content (AvgIpc) is 3.50. The maximum Gasteiger partial charge on any atom is 0.455 e. The smallest absolute Gasteiger partial charge is 0.455 e. The molecule has 2 amide bonds. The second kappa shape index (κ2) is 9.55. The number of benzene rings is 1. The molecule has 1 saturated carbocycles. The fourth-order valence-corrected chi connectivity index (χ4v) is 3.99. The Kier molecular flexibility index (Phi) is 7.17. The van der Waals surface area contributed by atoms with Gasteiger partial charge < -0.3 is 41.4 Å². The zero-order valence-electron chi connectivity index (χ0n) is 18.4. The van der Waals surface area contributed by atoms with Crippen LogP contribution in [0.25, 0.3) is 0 Å². The lowest BCUT2D eigenvalue weighted by Crippen LogP contribution is -2.64. The Morgan fingerprint density at radius 2 is 1.97 bits per heavy atom. The molecule has 1 aliphatic carbocycles. The van der Waals surface area contributed by atoms with Gasteiger partial charge in [0.2, 0.25) is 11.8 Å². The molecule has 0 bridgehead atoms. The van der Waals surface area contributed by atoms with E-state index < -0.39 is 36.1 Å². The summed E-state index contributed by atoms with van der Waals surface area (Å²) in [6.45, 7) is 2.35. The SMILES string of the molecule is CNC(=O)CNC(=O)[C@](C)(N)CN1CC(Oc2ccc([C@H]3C[C@H]3B(O)O)c(O)c2C(=O)O)C1. The van der Waals surface area contributed by atoms with Crippen molar-refractivity contribution in [3.05, 3.63) is 23.3 Å². The van der Waals surface area contributed by atoms with Gasteiger partial charge in [0.1, 0.15) is 28.7 Å². The summed E-state index contributed by atoms with van der Waals surface area (Å²) in [7, 11) is -0.0691. The van der Waals surface area contributed by atoms with Gasteiger partial charge in [0, 0.05) is 32.5 Å². The number of carbonyl (C=O) groups excluding carboxylic acids is 2. The topological polar surface area (TPSA) is 195 Å². The lowest BCUT2D eigenvalue weighted by atomic mass is 9.81. The van der Waals surface area contributed by atoms with Crippen LogP contribution in [0.15, 0.2) is 12.1 Å². The number of hydrogen-bond donors (Lipinski definition) is 7. The lowest BCUT2D eigenvalue weighted by Gasteiger charge is -2.42. The first-order chi connectivity index (χ1) is 15.4. The number of carbonyl (C=O) groups is 3. The van der Waals surface area contributed by atoms with E-state index in [0.717, 1.165) is 0 Å². The van der Waals surface area contributed by atoms with E-state index in [2.05, 4.69) is 10.6 Å². The van der Waals surface area contributed by atoms with Crippen LogP contribution in [-0.2, 0) is 9.59 Å². The first kappa shape index (κ1) is 24.8. The van der Waals surface area contributed by atoms with Gasteiger partial charge in [-0.15, -0.1) is 0 Å². The van der Waals surface area contributed by atoms with Gasteiger partial charge in [-0.25, -0.2) is 4.79 Å². The fraction of sp³-hybridized carbons (Fsp3) is 0.550. The second-order valence-corrected chi connectivity index (χ2v) is 8.81. The third-order valence-electron chi connectivity index (χ3n) is 5.98. The standard InChI is InChI=1S/C20H29BN4O8/c1-20(22,19(30)24-6-15(26)23-2)9-25-7-10(8-25)33-14-4-3-11(12-5-13(12)21(31)32)17(27)16(14)18(28)29/h3-4,10,12-13,27,31-32H,5-9,22H2,1-2H3,(H,23,26)(H,24,30)(H,28,29)/t12-,13-,20-/m1/s1. The van der Waals surface area contributed by atoms with Crippen LogP contribution in [0.2, 0.25) is 5.82 Å². The number of rotatable bonds is 10. The molecule has 2 aliphatic rings. The van der Waals surface area contributed by atoms with E-state index in [0.29, 0.717) is 25.1 Å². The van der Waals surface area contributed by atoms with Crippen LogP contribution >= 0.6 is 0 Å². The summed E-state index contributed by atoms with van der Waals surface area (Å²) < 4.78 is 5.78. The summed E-state index contributed by atoms with van der Waals surface area (Å²) in [5.41, 5.74) is 4.81. The van der Waals surface area contributed by atoms with Crippen LogP contribution in [0, 0.1) is 0 Å². The van der Waals surface area contributed by atoms with Gasteiger partial charge in [0.05, 0.1) is 6.54 Å². The molecule has 3 atom stereocenters. The highest BCUT2D eigenvalue weighted by molar-refractivity contribution is 6.44. The molecule has 1 aromatic rings. The molecular weight excluding hydrogens is 435 g/mol. The number of aromatic carboxylic acids is 1. The molecule has 180 valence electrons. The Morgan fingerprint density at radius 1 is 1.30 bits per heavy atom. The largest absolute Gasteiger partial charge is 0.507 e. The van der Waals surface area contributed by atoms with E-state index in [4.69, 9.17) is 10.5 Å². The van der Waals surface area contributed by atoms with Crippen molar-refractivity contribution >= 4 is 24.9 Å². The number of ether oxygens (including phenoxy) is 1. The van der Waals surface area contributed by atoms with Crippen LogP contribution < -0.4 is 21.1 Å². The van der Waals surface area contributed by atoms with Crippen molar-refractivity contribution in [1.82, 2.24) is 15.5 Å². The number of amides is 2. The molecule has 0 radical (unpaired) electrons. The number of hydrogen-bond acceptors (Lipinski definition) is 9. The minimum Gasteiger partial charge on any atom is -0.507 e. The van der Waals surface area contributed by atoms with Gasteiger partial charge in [0.25, 0.3) is 0 Å². The van der Waals surface area contributed by atoms with E-state index >= 15 is 0 Å². The molecule has 12 nitrogen and oxygen atoms in total. The minimum absolute atomic E-state index is 0.00831. The molecule has 1 aromatic carbocycles. The van der Waals surface area contributed by atoms with E-state index in [9.17, 15) is 34.6 Å². The number of likely N-dealkylation sites (tertiary alicyclic amines) is 1. The van der Waals surface area contributed by atoms with Crippen LogP contribution in [-0.4, -0.2) is 94.9 Å². The molecule has 0 aromatic heterocycles. The lowest BCUT2D eigenvalue weighted by molar-refractivity contribution is -0.130. The molecular formula is C20H29BN4O8. The van der Waals surface area contributed by atoms with Gasteiger partial charge in [0.15, 0.2) is 0 Å². The monoisotopic (exact) mass is 464 g/mol. The van der Waals surface area contributed by atoms with Gasteiger partial charge in [-0.1, -0.05) is 6.07 Å². The van der Waals surface area contributed by atoms with E-state index in [1.807, 2.05) is 4.90 Å². The molecule has 3 rings (SSSR count). The normalized spacial score (nSPS) is 22.0. The van der Waals surface area contributed by atoms with Crippen LogP contribution in [0.1, 0.15) is 35.2 Å². The van der Waals surface area contributed by atoms with Crippen LogP contribution in [0.3, 0.4) is 0 Å². The predicted octanol–water partition coefficient (Wildman–Crippen LogP) is -1.94. The van der Waals surface area contributed by atoms with Crippen LogP contribution in [0.5, 0.6) is 11.5 Å². The number of nitrogens with one attached hydrogen (secondary N) is 2. The number of aromatic hydroxyl groups is 1. The molecule has 8 N–H and O–H groups in total. The molecule has 13 heteroatoms. The van der Waals surface area contributed by atoms with Crippen molar-refractivity contribution in [2.75, 3.05) is 33.2 Å². The van der Waals surface area contributed by atoms with E-state index in [1.165, 1.54) is 19.2 Å². The number of carboxylic acid groups (broad SMARTS) is 1. The number of likely N-dealkylation sites (N-methyl/N-ethyl adjacent to an activating group) is 1. The number of phenols is 1. The highest BCUT2D eigenvalue weighted by atomic mass is 16.5. The van der Waals surface area contributed by atoms with Gasteiger partial charge >= 0.3 is 13.1 Å². The van der Waals surface area contributed by atoms with E-state index in [1.54, 1.807) is 6.92 Å². The summed E-state index contributed by atoms with van der Waals surface area (Å²) in [5.74, 6) is -3.37. The third kappa shape index (κ3) is 5.56. The average molecular weight is 464 g/mol. The van der Waals surface area contributed by atoms with Crippen molar-refractivity contribution in [1.29, 1.82) is 0 Å². The molecule has 1 aliphatic heterocycles. The second-order valence-electron chi connectivity index (χ2n) is 8.81.